The lowest BCUT2D eigenvalue weighted by Gasteiger charge is -2.38. The fourth-order valence-corrected chi connectivity index (χ4v) is 6.02. The number of ether oxygens (including phenoxy) is 1. The van der Waals surface area contributed by atoms with Gasteiger partial charge in [-0.05, 0) is 73.4 Å². The summed E-state index contributed by atoms with van der Waals surface area (Å²) in [4.78, 5) is 20.6. The Hall–Kier alpha value is -2.53. The van der Waals surface area contributed by atoms with Crippen LogP contribution >= 0.6 is 35.6 Å². The molecular formula is C27H32ClN7OS2. The summed E-state index contributed by atoms with van der Waals surface area (Å²) in [5.74, 6) is 1.36. The molecule has 200 valence electrons. The third-order valence-electron chi connectivity index (χ3n) is 7.06. The molecule has 0 saturated carbocycles. The SMILES string of the molecule is S=C(NCC1(c2cccc(Cl)c2)CCOCC1)Nc1nc(Sc2ncccn2)cc(N2CCCCCC2)n1. The fourth-order valence-electron chi connectivity index (χ4n) is 4.96. The highest BCUT2D eigenvalue weighted by atomic mass is 35.5. The lowest BCUT2D eigenvalue weighted by atomic mass is 9.74. The van der Waals surface area contributed by atoms with Crippen molar-refractivity contribution in [3.63, 3.8) is 0 Å². The number of hydrogen-bond acceptors (Lipinski definition) is 8. The molecule has 5 rings (SSSR count). The monoisotopic (exact) mass is 569 g/mol. The van der Waals surface area contributed by atoms with E-state index in [1.807, 2.05) is 24.3 Å². The standard InChI is InChI=1S/C27H32ClN7OS2/c28-21-8-5-7-20(17-21)27(9-15-36-16-10-27)19-31-25(37)34-24-32-22(35-13-3-1-2-4-14-35)18-23(33-24)38-26-29-11-6-12-30-26/h5-8,11-12,17-18H,1-4,9-10,13-16,19H2,(H2,31,32,33,34,37). The summed E-state index contributed by atoms with van der Waals surface area (Å²) < 4.78 is 5.67. The maximum absolute atomic E-state index is 6.34. The lowest BCUT2D eigenvalue weighted by molar-refractivity contribution is 0.0515. The Morgan fingerprint density at radius 3 is 2.53 bits per heavy atom. The van der Waals surface area contributed by atoms with Crippen molar-refractivity contribution in [2.24, 2.45) is 0 Å². The maximum atomic E-state index is 6.34. The van der Waals surface area contributed by atoms with E-state index in [0.717, 1.165) is 54.6 Å². The van der Waals surface area contributed by atoms with E-state index < -0.39 is 0 Å². The van der Waals surface area contributed by atoms with Crippen molar-refractivity contribution in [3.05, 3.63) is 59.4 Å². The average molecular weight is 570 g/mol. The molecule has 0 spiro atoms. The predicted octanol–water partition coefficient (Wildman–Crippen LogP) is 5.49. The molecule has 11 heteroatoms. The molecule has 2 aliphatic rings. The van der Waals surface area contributed by atoms with Crippen LogP contribution in [0.25, 0.3) is 0 Å². The van der Waals surface area contributed by atoms with Gasteiger partial charge in [-0.3, -0.25) is 0 Å². The van der Waals surface area contributed by atoms with Crippen LogP contribution < -0.4 is 15.5 Å². The topological polar surface area (TPSA) is 88.1 Å². The van der Waals surface area contributed by atoms with Gasteiger partial charge < -0.3 is 20.3 Å². The summed E-state index contributed by atoms with van der Waals surface area (Å²) >= 11 is 13.5. The van der Waals surface area contributed by atoms with Crippen molar-refractivity contribution < 1.29 is 4.74 Å². The van der Waals surface area contributed by atoms with Crippen LogP contribution in [0.4, 0.5) is 11.8 Å². The van der Waals surface area contributed by atoms with E-state index in [-0.39, 0.29) is 5.41 Å². The van der Waals surface area contributed by atoms with Crippen LogP contribution in [0.2, 0.25) is 5.02 Å². The molecule has 0 amide bonds. The summed E-state index contributed by atoms with van der Waals surface area (Å²) in [7, 11) is 0. The van der Waals surface area contributed by atoms with E-state index in [0.29, 0.717) is 36.0 Å². The van der Waals surface area contributed by atoms with E-state index in [1.165, 1.54) is 30.2 Å². The van der Waals surface area contributed by atoms with Crippen molar-refractivity contribution in [2.75, 3.05) is 43.1 Å². The lowest BCUT2D eigenvalue weighted by Crippen LogP contribution is -2.45. The van der Waals surface area contributed by atoms with Gasteiger partial charge in [0.2, 0.25) is 5.95 Å². The number of nitrogens with zero attached hydrogens (tertiary/aromatic N) is 5. The molecule has 0 radical (unpaired) electrons. The molecule has 0 aliphatic carbocycles. The minimum absolute atomic E-state index is 0.116. The van der Waals surface area contributed by atoms with Crippen molar-refractivity contribution in [1.82, 2.24) is 25.3 Å². The van der Waals surface area contributed by atoms with Crippen LogP contribution in [0.15, 0.2) is 59.0 Å². The smallest absolute Gasteiger partial charge is 0.232 e. The zero-order valence-electron chi connectivity index (χ0n) is 21.2. The minimum Gasteiger partial charge on any atom is -0.381 e. The average Bonchev–Trinajstić information content (AvgIpc) is 3.23. The molecule has 2 aliphatic heterocycles. The third-order valence-corrected chi connectivity index (χ3v) is 8.35. The number of anilines is 2. The van der Waals surface area contributed by atoms with Gasteiger partial charge in [0.05, 0.1) is 0 Å². The zero-order chi connectivity index (χ0) is 26.2. The molecule has 2 aromatic heterocycles. The number of benzene rings is 1. The molecule has 2 saturated heterocycles. The molecule has 38 heavy (non-hydrogen) atoms. The number of rotatable bonds is 7. The summed E-state index contributed by atoms with van der Waals surface area (Å²) in [6.07, 6.45) is 10.1. The summed E-state index contributed by atoms with van der Waals surface area (Å²) in [5.41, 5.74) is 1.08. The van der Waals surface area contributed by atoms with Gasteiger partial charge in [-0.25, -0.2) is 15.0 Å². The van der Waals surface area contributed by atoms with E-state index >= 15 is 0 Å². The largest absolute Gasteiger partial charge is 0.381 e. The van der Waals surface area contributed by atoms with Crippen LogP contribution in [0.5, 0.6) is 0 Å². The normalized spacial score (nSPS) is 17.4. The van der Waals surface area contributed by atoms with Gasteiger partial charge in [0, 0.05) is 61.7 Å². The van der Waals surface area contributed by atoms with Crippen LogP contribution in [-0.2, 0) is 10.2 Å². The predicted molar refractivity (Wildman–Crippen MR) is 156 cm³/mol. The first-order chi connectivity index (χ1) is 18.6. The van der Waals surface area contributed by atoms with Crippen molar-refractivity contribution in [1.29, 1.82) is 0 Å². The van der Waals surface area contributed by atoms with E-state index in [1.54, 1.807) is 18.5 Å². The number of nitrogens with one attached hydrogen (secondary N) is 2. The van der Waals surface area contributed by atoms with E-state index in [4.69, 9.17) is 38.5 Å². The molecule has 2 N–H and O–H groups in total. The van der Waals surface area contributed by atoms with Crippen LogP contribution in [-0.4, -0.2) is 57.9 Å². The Morgan fingerprint density at radius 1 is 1.03 bits per heavy atom. The molecule has 4 heterocycles. The summed E-state index contributed by atoms with van der Waals surface area (Å²) in [6, 6.07) is 11.9. The van der Waals surface area contributed by atoms with Gasteiger partial charge in [-0.1, -0.05) is 36.6 Å². The van der Waals surface area contributed by atoms with Gasteiger partial charge in [0.1, 0.15) is 10.8 Å². The first-order valence-corrected chi connectivity index (χ1v) is 14.7. The maximum Gasteiger partial charge on any atom is 0.232 e. The highest BCUT2D eigenvalue weighted by molar-refractivity contribution is 7.99. The molecule has 0 atom stereocenters. The van der Waals surface area contributed by atoms with E-state index in [2.05, 4.69) is 31.6 Å². The second-order valence-corrected chi connectivity index (χ2v) is 11.5. The van der Waals surface area contributed by atoms with Gasteiger partial charge in [-0.15, -0.1) is 0 Å². The number of halogens is 1. The zero-order valence-corrected chi connectivity index (χ0v) is 23.6. The van der Waals surface area contributed by atoms with Gasteiger partial charge in [0.15, 0.2) is 10.3 Å². The molecule has 1 aromatic carbocycles. The third kappa shape index (κ3) is 7.11. The van der Waals surface area contributed by atoms with Gasteiger partial charge in [-0.2, -0.15) is 4.98 Å². The Bertz CT molecular complexity index is 1220. The second kappa shape index (κ2) is 13.0. The fraction of sp³-hybridized carbons (Fsp3) is 0.444. The molecule has 0 bridgehead atoms. The summed E-state index contributed by atoms with van der Waals surface area (Å²) in [5, 5.41) is 9.31. The Kier molecular flexibility index (Phi) is 9.27. The molecule has 3 aromatic rings. The Morgan fingerprint density at radius 2 is 1.79 bits per heavy atom. The Balaban J connectivity index is 1.33. The van der Waals surface area contributed by atoms with Crippen molar-refractivity contribution >= 4 is 52.5 Å². The second-order valence-electron chi connectivity index (χ2n) is 9.63. The highest BCUT2D eigenvalue weighted by Crippen LogP contribution is 2.35. The summed E-state index contributed by atoms with van der Waals surface area (Å²) in [6.45, 7) is 4.04. The molecule has 8 nitrogen and oxygen atoms in total. The van der Waals surface area contributed by atoms with Crippen molar-refractivity contribution in [3.8, 4) is 0 Å². The van der Waals surface area contributed by atoms with Crippen LogP contribution in [0, 0.1) is 0 Å². The van der Waals surface area contributed by atoms with Crippen LogP contribution in [0.1, 0.15) is 44.1 Å². The van der Waals surface area contributed by atoms with Crippen molar-refractivity contribution in [2.45, 2.75) is 54.1 Å². The van der Waals surface area contributed by atoms with Gasteiger partial charge in [0.25, 0.3) is 0 Å². The minimum atomic E-state index is -0.116. The molecule has 2 fully saturated rings. The van der Waals surface area contributed by atoms with Gasteiger partial charge >= 0.3 is 0 Å². The molecule has 0 unspecified atom stereocenters. The van der Waals surface area contributed by atoms with Crippen LogP contribution in [0.3, 0.4) is 0 Å². The first-order valence-electron chi connectivity index (χ1n) is 13.1. The highest BCUT2D eigenvalue weighted by Gasteiger charge is 2.34. The van der Waals surface area contributed by atoms with E-state index in [9.17, 15) is 0 Å². The first kappa shape index (κ1) is 27.1. The number of hydrogen-bond donors (Lipinski definition) is 2. The molecular weight excluding hydrogens is 538 g/mol. The number of thiocarbonyl (C=S) groups is 1. The quantitative estimate of drug-likeness (QED) is 0.216. The number of aromatic nitrogens is 4. The Labute approximate surface area is 238 Å².